The Kier molecular flexibility index (Phi) is 6.45. The zero-order chi connectivity index (χ0) is 18.4. The van der Waals surface area contributed by atoms with Crippen molar-refractivity contribution in [1.29, 1.82) is 0 Å². The summed E-state index contributed by atoms with van der Waals surface area (Å²) in [5.41, 5.74) is 2.61. The van der Waals surface area contributed by atoms with Crippen molar-refractivity contribution >= 4 is 33.2 Å². The fourth-order valence-corrected chi connectivity index (χ4v) is 3.46. The molecule has 0 saturated heterocycles. The van der Waals surface area contributed by atoms with Crippen molar-refractivity contribution in [3.63, 3.8) is 0 Å². The number of hydrogen-bond acceptors (Lipinski definition) is 3. The lowest BCUT2D eigenvalue weighted by Gasteiger charge is -2.22. The molecule has 1 N–H and O–H groups in total. The number of nitrogens with zero attached hydrogens (tertiary/aromatic N) is 1. The molecular weight excluding hydrogens is 360 g/mol. The second kappa shape index (κ2) is 8.36. The van der Waals surface area contributed by atoms with Crippen LogP contribution < -0.4 is 9.62 Å². The summed E-state index contributed by atoms with van der Waals surface area (Å²) in [6, 6.07) is 14.3. The second-order valence-corrected chi connectivity index (χ2v) is 8.17. The van der Waals surface area contributed by atoms with E-state index >= 15 is 0 Å². The van der Waals surface area contributed by atoms with Crippen LogP contribution in [0.2, 0.25) is 5.02 Å². The maximum absolute atomic E-state index is 12.1. The lowest BCUT2D eigenvalue weighted by molar-refractivity contribution is -0.121. The van der Waals surface area contributed by atoms with Crippen molar-refractivity contribution in [2.75, 3.05) is 17.1 Å². The van der Waals surface area contributed by atoms with Gasteiger partial charge in [-0.25, -0.2) is 8.42 Å². The molecule has 2 aromatic carbocycles. The molecule has 0 unspecified atom stereocenters. The van der Waals surface area contributed by atoms with Gasteiger partial charge in [0, 0.05) is 24.5 Å². The van der Waals surface area contributed by atoms with Crippen LogP contribution in [-0.2, 0) is 21.4 Å². The first kappa shape index (κ1) is 19.3. The lowest BCUT2D eigenvalue weighted by Crippen LogP contribution is -2.34. The number of carbonyl (C=O) groups is 1. The predicted octanol–water partition coefficient (Wildman–Crippen LogP) is 3.12. The lowest BCUT2D eigenvalue weighted by atomic mass is 10.1. The van der Waals surface area contributed by atoms with Crippen LogP contribution in [0.25, 0.3) is 0 Å². The second-order valence-electron chi connectivity index (χ2n) is 5.83. The van der Waals surface area contributed by atoms with Gasteiger partial charge in [-0.3, -0.25) is 9.10 Å². The normalized spacial score (nSPS) is 11.2. The van der Waals surface area contributed by atoms with Gasteiger partial charge in [-0.2, -0.15) is 0 Å². The Morgan fingerprint density at radius 3 is 2.44 bits per heavy atom. The molecule has 7 heteroatoms. The molecule has 0 aromatic heterocycles. The first-order chi connectivity index (χ1) is 11.8. The van der Waals surface area contributed by atoms with E-state index in [-0.39, 0.29) is 18.9 Å². The van der Waals surface area contributed by atoms with Crippen molar-refractivity contribution in [3.05, 3.63) is 64.7 Å². The zero-order valence-corrected chi connectivity index (χ0v) is 15.8. The molecule has 0 radical (unpaired) electrons. The van der Waals surface area contributed by atoms with Gasteiger partial charge in [0.1, 0.15) is 0 Å². The van der Waals surface area contributed by atoms with Gasteiger partial charge in [0.05, 0.1) is 11.9 Å². The van der Waals surface area contributed by atoms with E-state index < -0.39 is 10.0 Å². The van der Waals surface area contributed by atoms with Crippen molar-refractivity contribution in [1.82, 2.24) is 5.32 Å². The summed E-state index contributed by atoms with van der Waals surface area (Å²) in [7, 11) is -3.49. The summed E-state index contributed by atoms with van der Waals surface area (Å²) < 4.78 is 25.2. The Morgan fingerprint density at radius 1 is 1.16 bits per heavy atom. The van der Waals surface area contributed by atoms with Gasteiger partial charge in [0.2, 0.25) is 15.9 Å². The molecule has 2 aromatic rings. The number of benzene rings is 2. The Hall–Kier alpha value is -2.05. The van der Waals surface area contributed by atoms with Gasteiger partial charge in [0.15, 0.2) is 0 Å². The maximum atomic E-state index is 12.1. The highest BCUT2D eigenvalue weighted by Crippen LogP contribution is 2.20. The average Bonchev–Trinajstić information content (AvgIpc) is 2.54. The topological polar surface area (TPSA) is 66.5 Å². The summed E-state index contributed by atoms with van der Waals surface area (Å²) in [5, 5.41) is 3.33. The highest BCUT2D eigenvalue weighted by molar-refractivity contribution is 7.92. The van der Waals surface area contributed by atoms with Crippen LogP contribution in [-0.4, -0.2) is 27.1 Å². The van der Waals surface area contributed by atoms with E-state index in [0.717, 1.165) is 17.4 Å². The molecule has 134 valence electrons. The van der Waals surface area contributed by atoms with E-state index in [2.05, 4.69) is 5.32 Å². The maximum Gasteiger partial charge on any atom is 0.232 e. The molecular formula is C18H21ClN2O3S. The monoisotopic (exact) mass is 380 g/mol. The van der Waals surface area contributed by atoms with E-state index in [1.807, 2.05) is 31.2 Å². The number of anilines is 1. The van der Waals surface area contributed by atoms with Gasteiger partial charge in [0.25, 0.3) is 0 Å². The van der Waals surface area contributed by atoms with Crippen LogP contribution in [0.3, 0.4) is 0 Å². The first-order valence-corrected chi connectivity index (χ1v) is 10.0. The molecule has 0 saturated carbocycles. The molecule has 0 aliphatic rings. The van der Waals surface area contributed by atoms with Crippen LogP contribution >= 0.6 is 11.6 Å². The van der Waals surface area contributed by atoms with Gasteiger partial charge < -0.3 is 5.32 Å². The van der Waals surface area contributed by atoms with Crippen molar-refractivity contribution < 1.29 is 13.2 Å². The molecule has 0 aliphatic carbocycles. The molecule has 2 rings (SSSR count). The summed E-state index contributed by atoms with van der Waals surface area (Å²) >= 11 is 5.84. The summed E-state index contributed by atoms with van der Waals surface area (Å²) in [5.74, 6) is -0.205. The van der Waals surface area contributed by atoms with E-state index in [0.29, 0.717) is 17.3 Å². The molecule has 0 heterocycles. The molecule has 0 spiro atoms. The van der Waals surface area contributed by atoms with Crippen molar-refractivity contribution in [2.45, 2.75) is 19.9 Å². The quantitative estimate of drug-likeness (QED) is 0.802. The van der Waals surface area contributed by atoms with E-state index in [1.165, 1.54) is 4.31 Å². The van der Waals surface area contributed by atoms with Crippen LogP contribution in [0.4, 0.5) is 5.69 Å². The number of sulfonamides is 1. The van der Waals surface area contributed by atoms with E-state index in [4.69, 9.17) is 11.6 Å². The Morgan fingerprint density at radius 2 is 1.84 bits per heavy atom. The Balaban J connectivity index is 1.96. The van der Waals surface area contributed by atoms with E-state index in [9.17, 15) is 13.2 Å². The first-order valence-electron chi connectivity index (χ1n) is 7.81. The predicted molar refractivity (Wildman–Crippen MR) is 101 cm³/mol. The highest BCUT2D eigenvalue weighted by Gasteiger charge is 2.18. The van der Waals surface area contributed by atoms with Crippen LogP contribution in [0.15, 0.2) is 48.5 Å². The molecule has 0 fully saturated rings. The van der Waals surface area contributed by atoms with Gasteiger partial charge in [-0.05, 0) is 36.8 Å². The van der Waals surface area contributed by atoms with Crippen molar-refractivity contribution in [3.8, 4) is 0 Å². The zero-order valence-electron chi connectivity index (χ0n) is 14.2. The molecule has 0 aliphatic heterocycles. The molecule has 0 atom stereocenters. The third kappa shape index (κ3) is 6.07. The molecule has 25 heavy (non-hydrogen) atoms. The minimum atomic E-state index is -3.49. The summed E-state index contributed by atoms with van der Waals surface area (Å²) in [4.78, 5) is 12.1. The number of aryl methyl sites for hydroxylation is 1. The average molecular weight is 381 g/mol. The molecule has 5 nitrogen and oxygen atoms in total. The minimum absolute atomic E-state index is 0.0696. The van der Waals surface area contributed by atoms with Crippen molar-refractivity contribution in [2.24, 2.45) is 0 Å². The molecule has 1 amide bonds. The third-order valence-electron chi connectivity index (χ3n) is 3.63. The number of rotatable bonds is 7. The largest absolute Gasteiger partial charge is 0.352 e. The standard InChI is InChI=1S/C18H21ClN2O3S/c1-14-4-3-5-15(12-14)13-20-18(22)10-11-21(25(2,23)24)17-8-6-16(19)7-9-17/h3-9,12H,10-11,13H2,1-2H3,(H,20,22). The van der Waals surface area contributed by atoms with Gasteiger partial charge in [-0.15, -0.1) is 0 Å². The Bertz CT molecular complexity index is 836. The number of nitrogens with one attached hydrogen (secondary N) is 1. The number of carbonyl (C=O) groups excluding carboxylic acids is 1. The number of hydrogen-bond donors (Lipinski definition) is 1. The fourth-order valence-electron chi connectivity index (χ4n) is 2.41. The Labute approximate surface area is 153 Å². The van der Waals surface area contributed by atoms with Gasteiger partial charge >= 0.3 is 0 Å². The van der Waals surface area contributed by atoms with Crippen LogP contribution in [0, 0.1) is 6.92 Å². The summed E-state index contributed by atoms with van der Waals surface area (Å²) in [6.07, 6.45) is 1.19. The fraction of sp³-hybridized carbons (Fsp3) is 0.278. The highest BCUT2D eigenvalue weighted by atomic mass is 35.5. The summed E-state index contributed by atoms with van der Waals surface area (Å²) in [6.45, 7) is 2.47. The minimum Gasteiger partial charge on any atom is -0.352 e. The molecule has 0 bridgehead atoms. The SMILES string of the molecule is Cc1cccc(CNC(=O)CCN(c2ccc(Cl)cc2)S(C)(=O)=O)c1. The smallest absolute Gasteiger partial charge is 0.232 e. The third-order valence-corrected chi connectivity index (χ3v) is 5.08. The number of amides is 1. The van der Waals surface area contributed by atoms with Crippen LogP contribution in [0.5, 0.6) is 0 Å². The number of halogens is 1. The van der Waals surface area contributed by atoms with E-state index in [1.54, 1.807) is 24.3 Å². The van der Waals surface area contributed by atoms with Crippen LogP contribution in [0.1, 0.15) is 17.5 Å². The van der Waals surface area contributed by atoms with Gasteiger partial charge in [-0.1, -0.05) is 41.4 Å².